The largest absolute Gasteiger partial charge is 0.469 e. The van der Waals surface area contributed by atoms with Crippen molar-refractivity contribution in [2.75, 3.05) is 7.11 Å². The molecule has 0 radical (unpaired) electrons. The average Bonchev–Trinajstić information content (AvgIpc) is 2.25. The number of esters is 1. The SMILES string of the molecule is CC(C)(O)O.COC(=O)CCc1ccccc1. The molecule has 0 aromatic heterocycles. The summed E-state index contributed by atoms with van der Waals surface area (Å²) in [6.45, 7) is 2.60. The van der Waals surface area contributed by atoms with Crippen molar-refractivity contribution in [3.63, 3.8) is 0 Å². The van der Waals surface area contributed by atoms with Gasteiger partial charge in [0.05, 0.1) is 7.11 Å². The Kier molecular flexibility index (Phi) is 7.18. The summed E-state index contributed by atoms with van der Waals surface area (Å²) in [6, 6.07) is 9.90. The molecule has 0 spiro atoms. The van der Waals surface area contributed by atoms with Gasteiger partial charge in [-0.05, 0) is 25.8 Å². The monoisotopic (exact) mass is 240 g/mol. The van der Waals surface area contributed by atoms with Crippen molar-refractivity contribution >= 4 is 5.97 Å². The van der Waals surface area contributed by atoms with Gasteiger partial charge in [-0.25, -0.2) is 0 Å². The molecule has 0 atom stereocenters. The Hall–Kier alpha value is -1.39. The third-order valence-corrected chi connectivity index (χ3v) is 1.69. The van der Waals surface area contributed by atoms with E-state index in [-0.39, 0.29) is 5.97 Å². The number of rotatable bonds is 3. The Labute approximate surface area is 102 Å². The Morgan fingerprint density at radius 2 is 1.71 bits per heavy atom. The summed E-state index contributed by atoms with van der Waals surface area (Å²) in [5, 5.41) is 16.2. The first-order valence-corrected chi connectivity index (χ1v) is 5.38. The van der Waals surface area contributed by atoms with E-state index in [9.17, 15) is 4.79 Å². The van der Waals surface area contributed by atoms with Crippen LogP contribution in [-0.4, -0.2) is 29.1 Å². The molecule has 17 heavy (non-hydrogen) atoms. The van der Waals surface area contributed by atoms with Gasteiger partial charge in [0.1, 0.15) is 0 Å². The van der Waals surface area contributed by atoms with Crippen molar-refractivity contribution in [2.45, 2.75) is 32.5 Å². The molecule has 0 heterocycles. The second-order valence-corrected chi connectivity index (χ2v) is 4.06. The molecule has 0 unspecified atom stereocenters. The number of methoxy groups -OCH3 is 1. The van der Waals surface area contributed by atoms with Crippen molar-refractivity contribution in [1.29, 1.82) is 0 Å². The molecule has 4 nitrogen and oxygen atoms in total. The van der Waals surface area contributed by atoms with E-state index in [1.807, 2.05) is 30.3 Å². The normalized spacial score (nSPS) is 10.2. The van der Waals surface area contributed by atoms with Gasteiger partial charge in [0, 0.05) is 6.42 Å². The van der Waals surface area contributed by atoms with Crippen molar-refractivity contribution in [3.05, 3.63) is 35.9 Å². The summed E-state index contributed by atoms with van der Waals surface area (Å²) >= 11 is 0. The summed E-state index contributed by atoms with van der Waals surface area (Å²) in [5.74, 6) is -1.65. The molecule has 0 bridgehead atoms. The molecule has 0 saturated carbocycles. The molecule has 0 aliphatic carbocycles. The fraction of sp³-hybridized carbons (Fsp3) is 0.462. The van der Waals surface area contributed by atoms with Crippen LogP contribution in [0.5, 0.6) is 0 Å². The molecule has 1 aromatic carbocycles. The molecule has 0 amide bonds. The van der Waals surface area contributed by atoms with Crippen LogP contribution in [0.1, 0.15) is 25.8 Å². The van der Waals surface area contributed by atoms with Crippen LogP contribution in [0.4, 0.5) is 0 Å². The fourth-order valence-electron chi connectivity index (χ4n) is 0.993. The third kappa shape index (κ3) is 12.5. The lowest BCUT2D eigenvalue weighted by molar-refractivity contribution is -0.140. The van der Waals surface area contributed by atoms with Gasteiger partial charge in [0.15, 0.2) is 5.79 Å². The van der Waals surface area contributed by atoms with Gasteiger partial charge < -0.3 is 14.9 Å². The molecular weight excluding hydrogens is 220 g/mol. The molecule has 2 N–H and O–H groups in total. The van der Waals surface area contributed by atoms with E-state index in [1.54, 1.807) is 0 Å². The van der Waals surface area contributed by atoms with E-state index >= 15 is 0 Å². The lowest BCUT2D eigenvalue weighted by atomic mass is 10.1. The highest BCUT2D eigenvalue weighted by Gasteiger charge is 2.00. The molecule has 0 saturated heterocycles. The van der Waals surface area contributed by atoms with Gasteiger partial charge in [-0.2, -0.15) is 0 Å². The molecule has 1 rings (SSSR count). The molecule has 0 aliphatic rings. The van der Waals surface area contributed by atoms with Crippen LogP contribution in [0.25, 0.3) is 0 Å². The topological polar surface area (TPSA) is 66.8 Å². The van der Waals surface area contributed by atoms with Crippen molar-refractivity contribution in [3.8, 4) is 0 Å². The van der Waals surface area contributed by atoms with Crippen LogP contribution in [-0.2, 0) is 16.0 Å². The number of carbonyl (C=O) groups is 1. The number of aryl methyl sites for hydroxylation is 1. The first kappa shape index (κ1) is 15.6. The van der Waals surface area contributed by atoms with Crippen LogP contribution in [0.3, 0.4) is 0 Å². The van der Waals surface area contributed by atoms with Crippen molar-refractivity contribution < 1.29 is 19.7 Å². The lowest BCUT2D eigenvalue weighted by Gasteiger charge is -2.03. The van der Waals surface area contributed by atoms with Crippen LogP contribution >= 0.6 is 0 Å². The summed E-state index contributed by atoms with van der Waals surface area (Å²) in [4.78, 5) is 10.8. The van der Waals surface area contributed by atoms with Crippen LogP contribution in [0, 0.1) is 0 Å². The van der Waals surface area contributed by atoms with E-state index in [4.69, 9.17) is 10.2 Å². The van der Waals surface area contributed by atoms with Gasteiger partial charge in [-0.15, -0.1) is 0 Å². The molecule has 0 aliphatic heterocycles. The lowest BCUT2D eigenvalue weighted by Crippen LogP contribution is -2.15. The standard InChI is InChI=1S/C10H12O2.C3H8O2/c1-12-10(11)8-7-9-5-3-2-4-6-9;1-3(2,4)5/h2-6H,7-8H2,1H3;4-5H,1-2H3. The van der Waals surface area contributed by atoms with Crippen LogP contribution in [0.15, 0.2) is 30.3 Å². The van der Waals surface area contributed by atoms with E-state index < -0.39 is 5.79 Å². The highest BCUT2D eigenvalue weighted by Crippen LogP contribution is 2.02. The number of ether oxygens (including phenoxy) is 1. The van der Waals surface area contributed by atoms with Gasteiger partial charge in [0.2, 0.25) is 0 Å². The quantitative estimate of drug-likeness (QED) is 0.620. The molecular formula is C13H20O4. The summed E-state index contributed by atoms with van der Waals surface area (Å²) < 4.78 is 4.53. The zero-order valence-corrected chi connectivity index (χ0v) is 10.5. The van der Waals surface area contributed by atoms with Crippen LogP contribution < -0.4 is 0 Å². The third-order valence-electron chi connectivity index (χ3n) is 1.69. The van der Waals surface area contributed by atoms with Crippen molar-refractivity contribution in [1.82, 2.24) is 0 Å². The van der Waals surface area contributed by atoms with Crippen molar-refractivity contribution in [2.24, 2.45) is 0 Å². The number of aliphatic hydroxyl groups is 2. The van der Waals surface area contributed by atoms with E-state index in [1.165, 1.54) is 26.5 Å². The van der Waals surface area contributed by atoms with E-state index in [0.717, 1.165) is 6.42 Å². The second kappa shape index (κ2) is 7.81. The Bertz CT molecular complexity index is 308. The Balaban J connectivity index is 0.000000437. The zero-order chi connectivity index (χ0) is 13.3. The van der Waals surface area contributed by atoms with Gasteiger partial charge >= 0.3 is 5.97 Å². The highest BCUT2D eigenvalue weighted by atomic mass is 16.5. The summed E-state index contributed by atoms with van der Waals surface area (Å²) in [5.41, 5.74) is 1.17. The van der Waals surface area contributed by atoms with Gasteiger partial charge in [-0.1, -0.05) is 30.3 Å². The first-order chi connectivity index (χ1) is 7.83. The number of hydrogen-bond acceptors (Lipinski definition) is 4. The number of hydrogen-bond donors (Lipinski definition) is 2. The predicted molar refractivity (Wildman–Crippen MR) is 65.3 cm³/mol. The molecule has 4 heteroatoms. The zero-order valence-electron chi connectivity index (χ0n) is 10.5. The smallest absolute Gasteiger partial charge is 0.305 e. The van der Waals surface area contributed by atoms with E-state index in [0.29, 0.717) is 6.42 Å². The summed E-state index contributed by atoms with van der Waals surface area (Å²) in [6.07, 6.45) is 1.22. The second-order valence-electron chi connectivity index (χ2n) is 4.06. The highest BCUT2D eigenvalue weighted by molar-refractivity contribution is 5.69. The minimum Gasteiger partial charge on any atom is -0.469 e. The Morgan fingerprint density at radius 3 is 2.12 bits per heavy atom. The maximum Gasteiger partial charge on any atom is 0.305 e. The van der Waals surface area contributed by atoms with Gasteiger partial charge in [-0.3, -0.25) is 4.79 Å². The minimum absolute atomic E-state index is 0.154. The maximum absolute atomic E-state index is 10.8. The molecule has 0 fully saturated rings. The number of carbonyl (C=O) groups excluding carboxylic acids is 1. The fourth-order valence-corrected chi connectivity index (χ4v) is 0.993. The van der Waals surface area contributed by atoms with Gasteiger partial charge in [0.25, 0.3) is 0 Å². The summed E-state index contributed by atoms with van der Waals surface area (Å²) in [7, 11) is 1.41. The van der Waals surface area contributed by atoms with Crippen LogP contribution in [0.2, 0.25) is 0 Å². The average molecular weight is 240 g/mol. The predicted octanol–water partition coefficient (Wildman–Crippen LogP) is 1.50. The number of benzene rings is 1. The minimum atomic E-state index is -1.50. The molecule has 1 aromatic rings. The first-order valence-electron chi connectivity index (χ1n) is 5.38. The maximum atomic E-state index is 10.8. The Morgan fingerprint density at radius 1 is 1.24 bits per heavy atom. The van der Waals surface area contributed by atoms with E-state index in [2.05, 4.69) is 4.74 Å². The molecule has 96 valence electrons.